The van der Waals surface area contributed by atoms with Crippen LogP contribution in [0.1, 0.15) is 20.9 Å². The highest BCUT2D eigenvalue weighted by atomic mass is 35.5. The molecule has 0 aromatic carbocycles. The van der Waals surface area contributed by atoms with Crippen molar-refractivity contribution >= 4 is 44.7 Å². The van der Waals surface area contributed by atoms with Crippen LogP contribution in [0, 0.1) is 13.8 Å². The van der Waals surface area contributed by atoms with E-state index in [-0.39, 0.29) is 20.7 Å². The number of anilines is 1. The van der Waals surface area contributed by atoms with E-state index in [1.807, 2.05) is 13.8 Å². The van der Waals surface area contributed by atoms with E-state index >= 15 is 0 Å². The van der Waals surface area contributed by atoms with Crippen molar-refractivity contribution in [2.45, 2.75) is 18.1 Å². The number of H-pyrrole nitrogens is 1. The summed E-state index contributed by atoms with van der Waals surface area (Å²) in [5.74, 6) is -0.887. The highest BCUT2D eigenvalue weighted by molar-refractivity contribution is 7.94. The molecule has 0 bridgehead atoms. The monoisotopic (exact) mass is 349 g/mol. The average molecular weight is 350 g/mol. The Kier molecular flexibility index (Phi) is 4.26. The fraction of sp³-hybridized carbons (Fsp3) is 0.273. The summed E-state index contributed by atoms with van der Waals surface area (Å²) in [5.41, 5.74) is 0.763. The number of rotatable bonds is 4. The zero-order valence-corrected chi connectivity index (χ0v) is 13.7. The van der Waals surface area contributed by atoms with Crippen LogP contribution < -0.4 is 4.72 Å². The molecule has 0 unspecified atom stereocenters. The summed E-state index contributed by atoms with van der Waals surface area (Å²) in [7, 11) is -2.63. The molecule has 0 spiro atoms. The maximum atomic E-state index is 12.2. The van der Waals surface area contributed by atoms with Gasteiger partial charge in [-0.1, -0.05) is 11.6 Å². The molecule has 0 radical (unpaired) electrons. The van der Waals surface area contributed by atoms with E-state index < -0.39 is 16.0 Å². The number of ether oxygens (including phenoxy) is 1. The second-order valence-electron chi connectivity index (χ2n) is 4.16. The Balaban J connectivity index is 2.33. The van der Waals surface area contributed by atoms with Gasteiger partial charge in [-0.2, -0.15) is 5.10 Å². The number of aromatic amines is 1. The molecule has 0 atom stereocenters. The molecule has 2 rings (SSSR count). The Hall–Kier alpha value is -1.58. The molecule has 114 valence electrons. The number of nitrogens with one attached hydrogen (secondary N) is 2. The molecule has 0 aliphatic rings. The molecule has 2 N–H and O–H groups in total. The maximum Gasteiger partial charge on any atom is 0.357 e. The van der Waals surface area contributed by atoms with Crippen LogP contribution in [0.25, 0.3) is 0 Å². The lowest BCUT2D eigenvalue weighted by Crippen LogP contribution is -2.12. The van der Waals surface area contributed by atoms with Crippen LogP contribution >= 0.6 is 22.9 Å². The molecular formula is C11H12ClN3O4S2. The number of nitrogens with zero attached hydrogens (tertiary/aromatic N) is 1. The van der Waals surface area contributed by atoms with Gasteiger partial charge in [0, 0.05) is 4.88 Å². The van der Waals surface area contributed by atoms with Crippen molar-refractivity contribution in [1.82, 2.24) is 10.2 Å². The topological polar surface area (TPSA) is 101 Å². The fourth-order valence-electron chi connectivity index (χ4n) is 1.48. The Labute approximate surface area is 130 Å². The number of esters is 1. The van der Waals surface area contributed by atoms with E-state index in [2.05, 4.69) is 19.7 Å². The van der Waals surface area contributed by atoms with Crippen LogP contribution in [0.2, 0.25) is 5.02 Å². The SMILES string of the molecule is COC(=O)c1[nH]nc(NS(=O)(=O)c2cc(C)c(C)s2)c1Cl. The van der Waals surface area contributed by atoms with Gasteiger partial charge in [-0.25, -0.2) is 13.2 Å². The number of aromatic nitrogens is 2. The first-order valence-corrected chi connectivity index (χ1v) is 8.36. The van der Waals surface area contributed by atoms with Gasteiger partial charge in [-0.05, 0) is 25.5 Å². The van der Waals surface area contributed by atoms with Crippen molar-refractivity contribution in [3.63, 3.8) is 0 Å². The number of halogens is 1. The van der Waals surface area contributed by atoms with Gasteiger partial charge >= 0.3 is 5.97 Å². The standard InChI is InChI=1S/C11H12ClN3O4S2/c1-5-4-7(20-6(5)2)21(17,18)15-10-8(12)9(13-14-10)11(16)19-3/h4H,1-3H3,(H2,13,14,15). The van der Waals surface area contributed by atoms with Crippen molar-refractivity contribution in [1.29, 1.82) is 0 Å². The van der Waals surface area contributed by atoms with Crippen molar-refractivity contribution in [3.8, 4) is 0 Å². The molecule has 10 heteroatoms. The van der Waals surface area contributed by atoms with Gasteiger partial charge < -0.3 is 4.74 Å². The first-order chi connectivity index (χ1) is 9.76. The molecule has 0 saturated heterocycles. The summed E-state index contributed by atoms with van der Waals surface area (Å²) in [6.45, 7) is 3.65. The summed E-state index contributed by atoms with van der Waals surface area (Å²) in [4.78, 5) is 12.3. The van der Waals surface area contributed by atoms with Gasteiger partial charge in [0.1, 0.15) is 9.23 Å². The summed E-state index contributed by atoms with van der Waals surface area (Å²) >= 11 is 7.05. The summed E-state index contributed by atoms with van der Waals surface area (Å²) in [5, 5.41) is 5.87. The largest absolute Gasteiger partial charge is 0.464 e. The molecule has 0 amide bonds. The quantitative estimate of drug-likeness (QED) is 0.825. The van der Waals surface area contributed by atoms with Crippen LogP contribution in [0.4, 0.5) is 5.82 Å². The third-order valence-electron chi connectivity index (χ3n) is 2.74. The number of carbonyl (C=O) groups is 1. The molecule has 21 heavy (non-hydrogen) atoms. The molecule has 0 saturated carbocycles. The number of carbonyl (C=O) groups excluding carboxylic acids is 1. The number of methoxy groups -OCH3 is 1. The third-order valence-corrected chi connectivity index (χ3v) is 6.07. The Morgan fingerprint density at radius 1 is 1.48 bits per heavy atom. The van der Waals surface area contributed by atoms with E-state index in [0.717, 1.165) is 21.8 Å². The smallest absolute Gasteiger partial charge is 0.357 e. The first-order valence-electron chi connectivity index (χ1n) is 5.68. The first kappa shape index (κ1) is 15.8. The average Bonchev–Trinajstić information content (AvgIpc) is 2.94. The zero-order chi connectivity index (χ0) is 15.8. The number of aryl methyl sites for hydroxylation is 2. The number of hydrogen-bond acceptors (Lipinski definition) is 6. The van der Waals surface area contributed by atoms with Crippen molar-refractivity contribution in [3.05, 3.63) is 27.2 Å². The van der Waals surface area contributed by atoms with E-state index in [4.69, 9.17) is 11.6 Å². The maximum absolute atomic E-state index is 12.2. The molecule has 7 nitrogen and oxygen atoms in total. The van der Waals surface area contributed by atoms with Crippen LogP contribution in [0.3, 0.4) is 0 Å². The molecule has 0 aliphatic carbocycles. The molecule has 2 aromatic heterocycles. The van der Waals surface area contributed by atoms with Crippen molar-refractivity contribution in [2.75, 3.05) is 11.8 Å². The van der Waals surface area contributed by atoms with Crippen molar-refractivity contribution in [2.24, 2.45) is 0 Å². The van der Waals surface area contributed by atoms with Crippen LogP contribution in [-0.2, 0) is 14.8 Å². The lowest BCUT2D eigenvalue weighted by atomic mass is 10.3. The van der Waals surface area contributed by atoms with Crippen molar-refractivity contribution < 1.29 is 17.9 Å². The van der Waals surface area contributed by atoms with E-state index in [1.54, 1.807) is 6.07 Å². The Bertz CT molecular complexity index is 775. The fourth-order valence-corrected chi connectivity index (χ4v) is 4.28. The third kappa shape index (κ3) is 3.04. The van der Waals surface area contributed by atoms with E-state index in [1.165, 1.54) is 7.11 Å². The Morgan fingerprint density at radius 2 is 2.14 bits per heavy atom. The van der Waals surface area contributed by atoms with Crippen LogP contribution in [0.5, 0.6) is 0 Å². The predicted molar refractivity (Wildman–Crippen MR) is 79.5 cm³/mol. The summed E-state index contributed by atoms with van der Waals surface area (Å²) in [6, 6.07) is 1.56. The normalized spacial score (nSPS) is 11.4. The minimum Gasteiger partial charge on any atom is -0.464 e. The lowest BCUT2D eigenvalue weighted by Gasteiger charge is -2.03. The van der Waals surface area contributed by atoms with Crippen LogP contribution in [0.15, 0.2) is 10.3 Å². The molecule has 2 heterocycles. The van der Waals surface area contributed by atoms with E-state index in [0.29, 0.717) is 0 Å². The number of hydrogen-bond donors (Lipinski definition) is 2. The second-order valence-corrected chi connectivity index (χ2v) is 7.71. The molecule has 0 fully saturated rings. The highest BCUT2D eigenvalue weighted by Crippen LogP contribution is 2.29. The minimum absolute atomic E-state index is 0.115. The van der Waals surface area contributed by atoms with E-state index in [9.17, 15) is 13.2 Å². The van der Waals surface area contributed by atoms with Crippen LogP contribution in [-0.4, -0.2) is 31.7 Å². The second kappa shape index (κ2) is 5.66. The van der Waals surface area contributed by atoms with Gasteiger partial charge in [0.2, 0.25) is 0 Å². The Morgan fingerprint density at radius 3 is 2.67 bits per heavy atom. The zero-order valence-electron chi connectivity index (χ0n) is 11.4. The minimum atomic E-state index is -3.81. The number of sulfonamides is 1. The number of thiophene rings is 1. The van der Waals surface area contributed by atoms with Gasteiger partial charge in [-0.15, -0.1) is 11.3 Å². The highest BCUT2D eigenvalue weighted by Gasteiger charge is 2.24. The summed E-state index contributed by atoms with van der Waals surface area (Å²) in [6.07, 6.45) is 0. The predicted octanol–water partition coefficient (Wildman–Crippen LogP) is 2.33. The molecule has 2 aromatic rings. The lowest BCUT2D eigenvalue weighted by molar-refractivity contribution is 0.0594. The molecule has 0 aliphatic heterocycles. The summed E-state index contributed by atoms with van der Waals surface area (Å²) < 4.78 is 31.4. The van der Waals surface area contributed by atoms with Gasteiger partial charge in [-0.3, -0.25) is 9.82 Å². The van der Waals surface area contributed by atoms with Gasteiger partial charge in [0.15, 0.2) is 11.5 Å². The van der Waals surface area contributed by atoms with Gasteiger partial charge in [0.05, 0.1) is 7.11 Å². The molecular weight excluding hydrogens is 338 g/mol. The van der Waals surface area contributed by atoms with Gasteiger partial charge in [0.25, 0.3) is 10.0 Å².